The molecule has 2 heterocycles. The lowest BCUT2D eigenvalue weighted by Gasteiger charge is -2.45. The lowest BCUT2D eigenvalue weighted by atomic mass is 9.98. The number of benzene rings is 2. The zero-order valence-electron chi connectivity index (χ0n) is 19.5. The Hall–Kier alpha value is -3.72. The molecule has 1 saturated heterocycles. The van der Waals surface area contributed by atoms with Gasteiger partial charge < -0.3 is 15.1 Å². The monoisotopic (exact) mass is 462 g/mol. The van der Waals surface area contributed by atoms with Crippen LogP contribution >= 0.6 is 0 Å². The van der Waals surface area contributed by atoms with E-state index in [-0.39, 0.29) is 12.3 Å². The summed E-state index contributed by atoms with van der Waals surface area (Å²) in [5, 5.41) is 31.6. The Morgan fingerprint density at radius 1 is 1.18 bits per heavy atom. The van der Waals surface area contributed by atoms with Gasteiger partial charge in [0.05, 0.1) is 0 Å². The minimum absolute atomic E-state index is 0.226. The maximum absolute atomic E-state index is 10.9. The predicted molar refractivity (Wildman–Crippen MR) is 130 cm³/mol. The number of piperazine rings is 1. The van der Waals surface area contributed by atoms with E-state index in [2.05, 4.69) is 51.7 Å². The molecule has 0 unspecified atom stereocenters. The highest BCUT2D eigenvalue weighted by Crippen LogP contribution is 2.30. The van der Waals surface area contributed by atoms with Gasteiger partial charge in [0.1, 0.15) is 5.75 Å². The third kappa shape index (κ3) is 5.26. The first-order chi connectivity index (χ1) is 16.3. The number of hydrogen-bond acceptors (Lipinski definition) is 7. The molecule has 1 fully saturated rings. The first kappa shape index (κ1) is 23.4. The van der Waals surface area contributed by atoms with E-state index < -0.39 is 5.97 Å². The van der Waals surface area contributed by atoms with E-state index in [9.17, 15) is 9.90 Å². The highest BCUT2D eigenvalue weighted by atomic mass is 16.4. The molecule has 0 radical (unpaired) electrons. The fourth-order valence-electron chi connectivity index (χ4n) is 4.55. The van der Waals surface area contributed by atoms with Gasteiger partial charge >= 0.3 is 5.97 Å². The van der Waals surface area contributed by atoms with Gasteiger partial charge in [-0.15, -0.1) is 16.8 Å². The number of carboxylic acids is 1. The molecule has 1 aliphatic heterocycles. The summed E-state index contributed by atoms with van der Waals surface area (Å²) in [6.07, 6.45) is 2.50. The lowest BCUT2D eigenvalue weighted by molar-refractivity contribution is -0.138. The van der Waals surface area contributed by atoms with Crippen molar-refractivity contribution in [3.8, 4) is 17.1 Å². The summed E-state index contributed by atoms with van der Waals surface area (Å²) in [7, 11) is 0. The summed E-state index contributed by atoms with van der Waals surface area (Å²) >= 11 is 0. The molecule has 0 bridgehead atoms. The van der Waals surface area contributed by atoms with E-state index in [1.807, 2.05) is 36.4 Å². The van der Waals surface area contributed by atoms with Gasteiger partial charge in [0.15, 0.2) is 6.54 Å². The lowest BCUT2D eigenvalue weighted by Crippen LogP contribution is -2.56. The van der Waals surface area contributed by atoms with Gasteiger partial charge in [-0.3, -0.25) is 9.69 Å². The molecule has 0 spiro atoms. The van der Waals surface area contributed by atoms with Gasteiger partial charge in [-0.1, -0.05) is 30.3 Å². The van der Waals surface area contributed by atoms with Crippen LogP contribution in [0.1, 0.15) is 25.0 Å². The van der Waals surface area contributed by atoms with Crippen LogP contribution in [0.4, 0.5) is 5.69 Å². The number of nitrogens with zero attached hydrogens (tertiary/aromatic N) is 6. The van der Waals surface area contributed by atoms with Crippen LogP contribution in [0.25, 0.3) is 11.4 Å². The average Bonchev–Trinajstić information content (AvgIpc) is 3.23. The summed E-state index contributed by atoms with van der Waals surface area (Å²) < 4.78 is 0. The molecule has 1 aliphatic rings. The summed E-state index contributed by atoms with van der Waals surface area (Å²) in [5.74, 6) is -0.430. The van der Waals surface area contributed by atoms with Crippen LogP contribution < -0.4 is 4.90 Å². The molecule has 0 saturated carbocycles. The average molecular weight is 463 g/mol. The standard InChI is InChI=1S/C25H30N6O3/c1-4-9-29-14-18(3)30(15-17(29)2)21-11-19(12-22(32)13-21)10-20-7-5-6-8-23(20)25-26-28-31(27-25)16-24(33)34/h4-8,11-13,17-18,32H,1,9-10,14-16H2,2-3H3,(H,33,34)/t17-,18+/m1/s1. The van der Waals surface area contributed by atoms with Gasteiger partial charge in [0, 0.05) is 49.0 Å². The van der Waals surface area contributed by atoms with Crippen molar-refractivity contribution in [3.05, 3.63) is 66.2 Å². The van der Waals surface area contributed by atoms with Crippen molar-refractivity contribution in [2.75, 3.05) is 24.5 Å². The Kier molecular flexibility index (Phi) is 6.93. The summed E-state index contributed by atoms with van der Waals surface area (Å²) in [6, 6.07) is 14.1. The maximum atomic E-state index is 10.9. The van der Waals surface area contributed by atoms with Gasteiger partial charge in [-0.05, 0) is 48.7 Å². The van der Waals surface area contributed by atoms with Crippen LogP contribution in [0, 0.1) is 0 Å². The zero-order valence-corrected chi connectivity index (χ0v) is 19.5. The summed E-state index contributed by atoms with van der Waals surface area (Å²) in [6.45, 7) is 10.6. The molecule has 2 N–H and O–H groups in total. The fourth-order valence-corrected chi connectivity index (χ4v) is 4.55. The van der Waals surface area contributed by atoms with E-state index in [1.54, 1.807) is 6.07 Å². The van der Waals surface area contributed by atoms with Crippen LogP contribution in [0.2, 0.25) is 0 Å². The van der Waals surface area contributed by atoms with Crippen LogP contribution in [-0.4, -0.2) is 73.0 Å². The number of anilines is 1. The van der Waals surface area contributed by atoms with E-state index in [1.165, 1.54) is 0 Å². The van der Waals surface area contributed by atoms with Crippen LogP contribution in [0.3, 0.4) is 0 Å². The molecule has 2 atom stereocenters. The Morgan fingerprint density at radius 3 is 2.74 bits per heavy atom. The number of aromatic nitrogens is 4. The minimum Gasteiger partial charge on any atom is -0.508 e. The quantitative estimate of drug-likeness (QED) is 0.492. The molecule has 9 heteroatoms. The number of carbonyl (C=O) groups is 1. The first-order valence-corrected chi connectivity index (χ1v) is 11.4. The molecule has 3 aromatic rings. The number of hydrogen-bond donors (Lipinski definition) is 2. The van der Waals surface area contributed by atoms with Crippen LogP contribution in [-0.2, 0) is 17.8 Å². The molecule has 1 aromatic heterocycles. The number of phenols is 1. The first-order valence-electron chi connectivity index (χ1n) is 11.4. The van der Waals surface area contributed by atoms with E-state index in [0.29, 0.717) is 24.3 Å². The van der Waals surface area contributed by atoms with Crippen molar-refractivity contribution in [3.63, 3.8) is 0 Å². The van der Waals surface area contributed by atoms with Crippen molar-refractivity contribution in [1.29, 1.82) is 0 Å². The normalized spacial score (nSPS) is 18.7. The highest BCUT2D eigenvalue weighted by molar-refractivity contribution is 5.66. The zero-order chi connectivity index (χ0) is 24.2. The Balaban J connectivity index is 1.59. The number of rotatable bonds is 8. The number of carboxylic acid groups (broad SMARTS) is 1. The number of tetrazole rings is 1. The van der Waals surface area contributed by atoms with Crippen LogP contribution in [0.15, 0.2) is 55.1 Å². The topological polar surface area (TPSA) is 108 Å². The van der Waals surface area contributed by atoms with E-state index in [0.717, 1.165) is 46.8 Å². The maximum Gasteiger partial charge on any atom is 0.327 e. The van der Waals surface area contributed by atoms with Crippen molar-refractivity contribution in [2.24, 2.45) is 0 Å². The van der Waals surface area contributed by atoms with Gasteiger partial charge in [-0.25, -0.2) is 0 Å². The van der Waals surface area contributed by atoms with Gasteiger partial charge in [-0.2, -0.15) is 4.80 Å². The molecule has 34 heavy (non-hydrogen) atoms. The second kappa shape index (κ2) is 10.0. The Bertz CT molecular complexity index is 1180. The third-order valence-corrected chi connectivity index (χ3v) is 6.16. The molecular weight excluding hydrogens is 432 g/mol. The predicted octanol–water partition coefficient (Wildman–Crippen LogP) is 2.81. The second-order valence-electron chi connectivity index (χ2n) is 8.82. The SMILES string of the molecule is C=CCN1C[C@H](C)N(c2cc(O)cc(Cc3ccccc3-c3nnn(CC(=O)O)n3)c2)C[C@H]1C. The molecule has 0 aliphatic carbocycles. The summed E-state index contributed by atoms with van der Waals surface area (Å²) in [4.78, 5) is 16.8. The second-order valence-corrected chi connectivity index (χ2v) is 8.82. The Morgan fingerprint density at radius 2 is 1.97 bits per heavy atom. The van der Waals surface area contributed by atoms with Crippen molar-refractivity contribution in [1.82, 2.24) is 25.1 Å². The molecular formula is C25H30N6O3. The van der Waals surface area contributed by atoms with E-state index >= 15 is 0 Å². The molecule has 4 rings (SSSR count). The smallest absolute Gasteiger partial charge is 0.327 e. The van der Waals surface area contributed by atoms with Crippen molar-refractivity contribution >= 4 is 11.7 Å². The summed E-state index contributed by atoms with van der Waals surface area (Å²) in [5.41, 5.74) is 3.71. The largest absolute Gasteiger partial charge is 0.508 e. The highest BCUT2D eigenvalue weighted by Gasteiger charge is 2.28. The molecule has 0 amide bonds. The molecule has 2 aromatic carbocycles. The number of aromatic hydroxyl groups is 1. The molecule has 178 valence electrons. The minimum atomic E-state index is -1.03. The number of phenolic OH excluding ortho intramolecular Hbond substituents is 1. The van der Waals surface area contributed by atoms with Gasteiger partial charge in [0.25, 0.3) is 0 Å². The molecule has 9 nitrogen and oxygen atoms in total. The van der Waals surface area contributed by atoms with Crippen molar-refractivity contribution in [2.45, 2.75) is 38.9 Å². The van der Waals surface area contributed by atoms with Crippen molar-refractivity contribution < 1.29 is 15.0 Å². The third-order valence-electron chi connectivity index (χ3n) is 6.16. The van der Waals surface area contributed by atoms with Gasteiger partial charge in [0.2, 0.25) is 5.82 Å². The fraction of sp³-hybridized carbons (Fsp3) is 0.360. The Labute approximate surface area is 198 Å². The van der Waals surface area contributed by atoms with Crippen LogP contribution in [0.5, 0.6) is 5.75 Å². The number of aliphatic carboxylic acids is 1. The van der Waals surface area contributed by atoms with E-state index in [4.69, 9.17) is 5.11 Å².